The minimum atomic E-state index is -2.92. The average molecular weight is 325 g/mol. The molecular formula is C14H13F2N3O4. The molecule has 0 aliphatic rings. The lowest BCUT2D eigenvalue weighted by molar-refractivity contribution is -0.119. The third kappa shape index (κ3) is 4.25. The van der Waals surface area contributed by atoms with Crippen LogP contribution in [-0.4, -0.2) is 33.4 Å². The highest BCUT2D eigenvalue weighted by molar-refractivity contribution is 5.93. The van der Waals surface area contributed by atoms with Crippen LogP contribution in [0.4, 0.5) is 14.5 Å². The Hall–Kier alpha value is -2.97. The van der Waals surface area contributed by atoms with Crippen molar-refractivity contribution in [2.45, 2.75) is 19.6 Å². The van der Waals surface area contributed by atoms with E-state index >= 15 is 0 Å². The number of benzene rings is 1. The molecule has 122 valence electrons. The van der Waals surface area contributed by atoms with Crippen LogP contribution in [0.1, 0.15) is 23.5 Å². The predicted octanol–water partition coefficient (Wildman–Crippen LogP) is 2.38. The van der Waals surface area contributed by atoms with Gasteiger partial charge in [0.1, 0.15) is 11.8 Å². The fourth-order valence-electron chi connectivity index (χ4n) is 1.75. The number of carbonyl (C=O) groups is 2. The summed E-state index contributed by atoms with van der Waals surface area (Å²) < 4.78 is 29.5. The van der Waals surface area contributed by atoms with Gasteiger partial charge in [0.05, 0.1) is 0 Å². The number of alkyl halides is 2. The van der Waals surface area contributed by atoms with E-state index in [-0.39, 0.29) is 11.4 Å². The Kier molecular flexibility index (Phi) is 4.89. The number of anilines is 1. The lowest BCUT2D eigenvalue weighted by Gasteiger charge is -2.13. The van der Waals surface area contributed by atoms with E-state index in [9.17, 15) is 18.4 Å². The number of nitrogens with zero attached hydrogens (tertiary/aromatic N) is 2. The Morgan fingerprint density at radius 1 is 1.26 bits per heavy atom. The number of ether oxygens (including phenoxy) is 1. The molecule has 0 radical (unpaired) electrons. The molecule has 0 fully saturated rings. The quantitative estimate of drug-likeness (QED) is 0.850. The van der Waals surface area contributed by atoms with E-state index in [0.29, 0.717) is 5.69 Å². The van der Waals surface area contributed by atoms with Gasteiger partial charge < -0.3 is 15.2 Å². The van der Waals surface area contributed by atoms with E-state index < -0.39 is 24.5 Å². The average Bonchev–Trinajstić information content (AvgIpc) is 2.98. The maximum Gasteiger partial charge on any atom is 0.387 e. The number of aromatic carboxylic acids is 1. The topological polar surface area (TPSA) is 93.5 Å². The lowest BCUT2D eigenvalue weighted by Crippen LogP contribution is -2.24. The van der Waals surface area contributed by atoms with Crippen molar-refractivity contribution in [3.8, 4) is 5.75 Å². The molecule has 1 heterocycles. The maximum absolute atomic E-state index is 12.1. The van der Waals surface area contributed by atoms with Crippen LogP contribution >= 0.6 is 0 Å². The van der Waals surface area contributed by atoms with Gasteiger partial charge in [-0.2, -0.15) is 13.9 Å². The fourth-order valence-corrected chi connectivity index (χ4v) is 1.75. The Morgan fingerprint density at radius 2 is 1.91 bits per heavy atom. The van der Waals surface area contributed by atoms with Crippen molar-refractivity contribution in [1.29, 1.82) is 0 Å². The Labute approximate surface area is 129 Å². The van der Waals surface area contributed by atoms with Crippen molar-refractivity contribution >= 4 is 17.6 Å². The summed E-state index contributed by atoms with van der Waals surface area (Å²) in [5.74, 6) is -1.65. The largest absolute Gasteiger partial charge is 0.476 e. The van der Waals surface area contributed by atoms with Crippen molar-refractivity contribution in [3.63, 3.8) is 0 Å². The monoisotopic (exact) mass is 325 g/mol. The van der Waals surface area contributed by atoms with Crippen molar-refractivity contribution < 1.29 is 28.2 Å². The minimum absolute atomic E-state index is 0.0239. The summed E-state index contributed by atoms with van der Waals surface area (Å²) >= 11 is 0. The number of carboxylic acid groups (broad SMARTS) is 1. The molecule has 0 saturated carbocycles. The molecule has 2 aromatic rings. The normalized spacial score (nSPS) is 12.0. The zero-order chi connectivity index (χ0) is 17.0. The van der Waals surface area contributed by atoms with Crippen LogP contribution in [0, 0.1) is 0 Å². The number of nitrogens with one attached hydrogen (secondary N) is 1. The number of rotatable bonds is 6. The van der Waals surface area contributed by atoms with Crippen LogP contribution in [0.2, 0.25) is 0 Å². The number of amides is 1. The van der Waals surface area contributed by atoms with E-state index in [1.54, 1.807) is 6.92 Å². The van der Waals surface area contributed by atoms with E-state index in [1.807, 2.05) is 0 Å². The molecule has 2 rings (SSSR count). The molecule has 0 aliphatic heterocycles. The van der Waals surface area contributed by atoms with Gasteiger partial charge in [0.2, 0.25) is 5.91 Å². The predicted molar refractivity (Wildman–Crippen MR) is 75.6 cm³/mol. The zero-order valence-electron chi connectivity index (χ0n) is 11.9. The van der Waals surface area contributed by atoms with Crippen molar-refractivity contribution in [3.05, 3.63) is 42.2 Å². The summed E-state index contributed by atoms with van der Waals surface area (Å²) in [5, 5.41) is 15.1. The number of carboxylic acids is 1. The summed E-state index contributed by atoms with van der Waals surface area (Å²) in [6.45, 7) is -1.37. The third-order valence-corrected chi connectivity index (χ3v) is 2.95. The number of hydrogen-bond acceptors (Lipinski definition) is 4. The molecule has 0 saturated heterocycles. The summed E-state index contributed by atoms with van der Waals surface area (Å²) in [4.78, 5) is 22.8. The van der Waals surface area contributed by atoms with Gasteiger partial charge in [-0.05, 0) is 37.3 Å². The van der Waals surface area contributed by atoms with Gasteiger partial charge in [0.15, 0.2) is 5.69 Å². The molecule has 0 bridgehead atoms. The first kappa shape index (κ1) is 16.4. The smallest absolute Gasteiger partial charge is 0.387 e. The molecule has 1 aromatic carbocycles. The Morgan fingerprint density at radius 3 is 2.43 bits per heavy atom. The summed E-state index contributed by atoms with van der Waals surface area (Å²) in [5.41, 5.74) is 0.215. The van der Waals surface area contributed by atoms with Gasteiger partial charge >= 0.3 is 12.6 Å². The molecule has 0 spiro atoms. The lowest BCUT2D eigenvalue weighted by atomic mass is 10.2. The highest BCUT2D eigenvalue weighted by atomic mass is 19.3. The second-order valence-corrected chi connectivity index (χ2v) is 4.55. The van der Waals surface area contributed by atoms with Crippen LogP contribution in [-0.2, 0) is 4.79 Å². The molecule has 23 heavy (non-hydrogen) atoms. The van der Waals surface area contributed by atoms with Crippen LogP contribution < -0.4 is 10.1 Å². The maximum atomic E-state index is 12.1. The van der Waals surface area contributed by atoms with Crippen LogP contribution in [0.3, 0.4) is 0 Å². The molecule has 9 heteroatoms. The third-order valence-electron chi connectivity index (χ3n) is 2.95. The van der Waals surface area contributed by atoms with Crippen molar-refractivity contribution in [1.82, 2.24) is 9.78 Å². The van der Waals surface area contributed by atoms with E-state index in [4.69, 9.17) is 5.11 Å². The highest BCUT2D eigenvalue weighted by Crippen LogP contribution is 2.18. The van der Waals surface area contributed by atoms with Gasteiger partial charge in [-0.1, -0.05) is 0 Å². The zero-order valence-corrected chi connectivity index (χ0v) is 11.9. The highest BCUT2D eigenvalue weighted by Gasteiger charge is 2.18. The molecule has 1 unspecified atom stereocenters. The van der Waals surface area contributed by atoms with Crippen molar-refractivity contribution in [2.24, 2.45) is 0 Å². The molecule has 1 amide bonds. The van der Waals surface area contributed by atoms with Crippen LogP contribution in [0.5, 0.6) is 5.75 Å². The summed E-state index contributed by atoms with van der Waals surface area (Å²) in [7, 11) is 0. The standard InChI is InChI=1S/C14H13F2N3O4/c1-8(19-7-6-11(18-19)13(21)22)12(20)17-9-2-4-10(5-3-9)23-14(15)16/h2-8,14H,1H3,(H,17,20)(H,21,22). The minimum Gasteiger partial charge on any atom is -0.476 e. The first-order valence-electron chi connectivity index (χ1n) is 6.51. The number of halogens is 2. The first-order valence-corrected chi connectivity index (χ1v) is 6.51. The molecule has 0 aliphatic carbocycles. The van der Waals surface area contributed by atoms with E-state index in [1.165, 1.54) is 41.2 Å². The van der Waals surface area contributed by atoms with Gasteiger partial charge in [0.25, 0.3) is 0 Å². The van der Waals surface area contributed by atoms with E-state index in [2.05, 4.69) is 15.2 Å². The summed E-state index contributed by atoms with van der Waals surface area (Å²) in [6.07, 6.45) is 1.38. The molecule has 2 N–H and O–H groups in total. The second kappa shape index (κ2) is 6.86. The SMILES string of the molecule is CC(C(=O)Nc1ccc(OC(F)F)cc1)n1ccc(C(=O)O)n1. The van der Waals surface area contributed by atoms with Crippen LogP contribution in [0.15, 0.2) is 36.5 Å². The molecule has 7 nitrogen and oxygen atoms in total. The van der Waals surface area contributed by atoms with E-state index in [0.717, 1.165) is 0 Å². The van der Waals surface area contributed by atoms with Gasteiger partial charge in [-0.3, -0.25) is 9.48 Å². The fraction of sp³-hybridized carbons (Fsp3) is 0.214. The van der Waals surface area contributed by atoms with Crippen molar-refractivity contribution in [2.75, 3.05) is 5.32 Å². The summed E-state index contributed by atoms with van der Waals surface area (Å²) in [6, 6.07) is 5.94. The van der Waals surface area contributed by atoms with Gasteiger partial charge in [0, 0.05) is 11.9 Å². The first-order chi connectivity index (χ1) is 10.9. The van der Waals surface area contributed by atoms with Gasteiger partial charge in [-0.15, -0.1) is 0 Å². The van der Waals surface area contributed by atoms with Crippen LogP contribution in [0.25, 0.3) is 0 Å². The molecule has 1 atom stereocenters. The number of aromatic nitrogens is 2. The number of carbonyl (C=O) groups excluding carboxylic acids is 1. The Bertz CT molecular complexity index is 700. The number of hydrogen-bond donors (Lipinski definition) is 2. The second-order valence-electron chi connectivity index (χ2n) is 4.55. The molecule has 1 aromatic heterocycles. The Balaban J connectivity index is 2.01. The molecular weight excluding hydrogens is 312 g/mol. The van der Waals surface area contributed by atoms with Gasteiger partial charge in [-0.25, -0.2) is 4.79 Å².